The molecular formula is C26H17ClN2O2S. The van der Waals surface area contributed by atoms with Crippen LogP contribution in [0.1, 0.15) is 16.7 Å². The molecule has 0 saturated carbocycles. The average molecular weight is 457 g/mol. The Bertz CT molecular complexity index is 1400. The minimum Gasteiger partial charge on any atom is -0.402 e. The van der Waals surface area contributed by atoms with Crippen LogP contribution in [-0.2, 0) is 9.53 Å². The second kappa shape index (κ2) is 8.61. The minimum atomic E-state index is -0.491. The Morgan fingerprint density at radius 3 is 2.53 bits per heavy atom. The number of benzene rings is 3. The van der Waals surface area contributed by atoms with Gasteiger partial charge in [-0.25, -0.2) is 14.8 Å². The molecule has 32 heavy (non-hydrogen) atoms. The van der Waals surface area contributed by atoms with E-state index in [2.05, 4.69) is 4.99 Å². The molecule has 1 aromatic heterocycles. The van der Waals surface area contributed by atoms with Crippen LogP contribution in [0.3, 0.4) is 0 Å². The van der Waals surface area contributed by atoms with E-state index in [1.54, 1.807) is 42.1 Å². The van der Waals surface area contributed by atoms with Crippen molar-refractivity contribution in [2.45, 2.75) is 16.8 Å². The summed E-state index contributed by atoms with van der Waals surface area (Å²) < 4.78 is 5.41. The van der Waals surface area contributed by atoms with Crippen LogP contribution in [0.25, 0.3) is 17.0 Å². The van der Waals surface area contributed by atoms with E-state index in [0.717, 1.165) is 32.0 Å². The largest absolute Gasteiger partial charge is 0.402 e. The zero-order chi connectivity index (χ0) is 22.1. The molecule has 156 valence electrons. The van der Waals surface area contributed by atoms with E-state index in [9.17, 15) is 4.79 Å². The van der Waals surface area contributed by atoms with E-state index in [1.165, 1.54) is 0 Å². The van der Waals surface area contributed by atoms with Crippen LogP contribution in [0.5, 0.6) is 0 Å². The first-order valence-electron chi connectivity index (χ1n) is 9.98. The minimum absolute atomic E-state index is 0.235. The van der Waals surface area contributed by atoms with Gasteiger partial charge in [-0.2, -0.15) is 0 Å². The smallest absolute Gasteiger partial charge is 0.363 e. The Morgan fingerprint density at radius 1 is 0.969 bits per heavy atom. The quantitative estimate of drug-likeness (QED) is 0.253. The molecule has 1 aliphatic rings. The van der Waals surface area contributed by atoms with Gasteiger partial charge < -0.3 is 4.74 Å². The second-order valence-corrected chi connectivity index (χ2v) is 8.79. The van der Waals surface area contributed by atoms with Gasteiger partial charge >= 0.3 is 5.97 Å². The molecule has 0 bridgehead atoms. The highest BCUT2D eigenvalue weighted by Crippen LogP contribution is 2.33. The standard InChI is InChI=1S/C26H17ClN2O2S/c1-16-6-5-7-18-14-19(25(29-23(16)18)32-21-8-3-2-4-9-21)15-22-26(30)31-24(28-22)17-10-12-20(27)13-11-17/h2-15H,1H3. The Kier molecular flexibility index (Phi) is 5.52. The molecule has 0 saturated heterocycles. The van der Waals surface area contributed by atoms with Crippen LogP contribution in [0.2, 0.25) is 5.02 Å². The molecule has 0 aliphatic carbocycles. The fraction of sp³-hybridized carbons (Fsp3) is 0.0385. The zero-order valence-electron chi connectivity index (χ0n) is 17.1. The molecular weight excluding hydrogens is 440 g/mol. The number of halogens is 1. The molecule has 3 aromatic carbocycles. The summed E-state index contributed by atoms with van der Waals surface area (Å²) in [6.07, 6.45) is 1.74. The number of para-hydroxylation sites is 1. The number of nitrogens with zero attached hydrogens (tertiary/aromatic N) is 2. The fourth-order valence-corrected chi connectivity index (χ4v) is 4.42. The third-order valence-electron chi connectivity index (χ3n) is 5.00. The van der Waals surface area contributed by atoms with Crippen molar-refractivity contribution in [3.05, 3.63) is 106 Å². The molecule has 6 heteroatoms. The summed E-state index contributed by atoms with van der Waals surface area (Å²) in [6, 6.07) is 25.1. The lowest BCUT2D eigenvalue weighted by atomic mass is 10.1. The van der Waals surface area contributed by atoms with Crippen LogP contribution in [0.4, 0.5) is 0 Å². The molecule has 0 unspecified atom stereocenters. The van der Waals surface area contributed by atoms with E-state index >= 15 is 0 Å². The predicted molar refractivity (Wildman–Crippen MR) is 129 cm³/mol. The highest BCUT2D eigenvalue weighted by atomic mass is 35.5. The van der Waals surface area contributed by atoms with Crippen molar-refractivity contribution in [1.82, 2.24) is 4.98 Å². The van der Waals surface area contributed by atoms with Gasteiger partial charge in [-0.15, -0.1) is 0 Å². The Hall–Kier alpha value is -3.41. The van der Waals surface area contributed by atoms with Gasteiger partial charge in [0, 0.05) is 26.4 Å². The molecule has 0 spiro atoms. The fourth-order valence-electron chi connectivity index (χ4n) is 3.40. The first kappa shape index (κ1) is 20.5. The summed E-state index contributed by atoms with van der Waals surface area (Å²) in [5.41, 5.74) is 3.77. The molecule has 4 nitrogen and oxygen atoms in total. The maximum absolute atomic E-state index is 12.6. The van der Waals surface area contributed by atoms with Crippen molar-refractivity contribution in [2.24, 2.45) is 4.99 Å². The third-order valence-corrected chi connectivity index (χ3v) is 6.28. The predicted octanol–water partition coefficient (Wildman–Crippen LogP) is 6.69. The van der Waals surface area contributed by atoms with E-state index in [4.69, 9.17) is 21.3 Å². The van der Waals surface area contributed by atoms with Crippen molar-refractivity contribution in [1.29, 1.82) is 0 Å². The van der Waals surface area contributed by atoms with Gasteiger partial charge in [-0.1, -0.05) is 59.8 Å². The summed E-state index contributed by atoms with van der Waals surface area (Å²) in [4.78, 5) is 23.0. The van der Waals surface area contributed by atoms with E-state index < -0.39 is 5.97 Å². The van der Waals surface area contributed by atoms with Gasteiger partial charge in [0.05, 0.1) is 5.52 Å². The molecule has 0 amide bonds. The topological polar surface area (TPSA) is 51.5 Å². The number of hydrogen-bond donors (Lipinski definition) is 0. The molecule has 0 N–H and O–H groups in total. The number of ether oxygens (including phenoxy) is 1. The zero-order valence-corrected chi connectivity index (χ0v) is 18.7. The number of rotatable bonds is 4. The molecule has 0 radical (unpaired) electrons. The maximum atomic E-state index is 12.6. The number of hydrogen-bond acceptors (Lipinski definition) is 5. The Balaban J connectivity index is 1.60. The highest BCUT2D eigenvalue weighted by Gasteiger charge is 2.25. The Morgan fingerprint density at radius 2 is 1.75 bits per heavy atom. The van der Waals surface area contributed by atoms with E-state index in [-0.39, 0.29) is 11.6 Å². The van der Waals surface area contributed by atoms with Crippen molar-refractivity contribution in [2.75, 3.05) is 0 Å². The molecule has 4 aromatic rings. The van der Waals surface area contributed by atoms with Crippen LogP contribution < -0.4 is 0 Å². The summed E-state index contributed by atoms with van der Waals surface area (Å²) >= 11 is 7.51. The summed E-state index contributed by atoms with van der Waals surface area (Å²) in [7, 11) is 0. The van der Waals surface area contributed by atoms with Gasteiger partial charge in [-0.3, -0.25) is 0 Å². The van der Waals surface area contributed by atoms with E-state index in [0.29, 0.717) is 10.6 Å². The van der Waals surface area contributed by atoms with Crippen LogP contribution in [0.15, 0.2) is 99.5 Å². The molecule has 1 aliphatic heterocycles. The van der Waals surface area contributed by atoms with Crippen molar-refractivity contribution in [3.8, 4) is 0 Å². The van der Waals surface area contributed by atoms with E-state index in [1.807, 2.05) is 61.5 Å². The highest BCUT2D eigenvalue weighted by molar-refractivity contribution is 7.99. The van der Waals surface area contributed by atoms with Gasteiger partial charge in [0.2, 0.25) is 5.90 Å². The number of aliphatic imine (C=N–C) groups is 1. The number of aromatic nitrogens is 1. The monoisotopic (exact) mass is 456 g/mol. The van der Waals surface area contributed by atoms with Crippen molar-refractivity contribution in [3.63, 3.8) is 0 Å². The first-order chi connectivity index (χ1) is 15.6. The Labute approximate surface area is 194 Å². The van der Waals surface area contributed by atoms with Gasteiger partial charge in [0.1, 0.15) is 5.03 Å². The summed E-state index contributed by atoms with van der Waals surface area (Å²) in [5.74, 6) is -0.227. The van der Waals surface area contributed by atoms with Crippen LogP contribution in [-0.4, -0.2) is 16.9 Å². The SMILES string of the molecule is Cc1cccc2cc(C=C3N=C(c4ccc(Cl)cc4)OC3=O)c(Sc3ccccc3)nc12. The number of aryl methyl sites for hydroxylation is 1. The number of esters is 1. The number of pyridine rings is 1. The number of carbonyl (C=O) groups is 1. The molecule has 5 rings (SSSR count). The second-order valence-electron chi connectivity index (χ2n) is 7.29. The average Bonchev–Trinajstić information content (AvgIpc) is 3.16. The van der Waals surface area contributed by atoms with Crippen LogP contribution in [0, 0.1) is 6.92 Å². The molecule has 2 heterocycles. The van der Waals surface area contributed by atoms with Gasteiger partial charge in [0.25, 0.3) is 0 Å². The first-order valence-corrected chi connectivity index (χ1v) is 11.2. The summed E-state index contributed by atoms with van der Waals surface area (Å²) in [6.45, 7) is 2.04. The normalized spacial score (nSPS) is 14.6. The van der Waals surface area contributed by atoms with Crippen molar-refractivity contribution >= 4 is 52.2 Å². The molecule has 0 fully saturated rings. The number of cyclic esters (lactones) is 1. The third kappa shape index (κ3) is 4.17. The number of fused-ring (bicyclic) bond motifs is 1. The molecule has 0 atom stereocenters. The van der Waals surface area contributed by atoms with Gasteiger partial charge in [-0.05, 0) is 61.0 Å². The number of carbonyl (C=O) groups excluding carboxylic acids is 1. The maximum Gasteiger partial charge on any atom is 0.363 e. The lowest BCUT2D eigenvalue weighted by molar-refractivity contribution is -0.129. The lowest BCUT2D eigenvalue weighted by Gasteiger charge is -2.09. The lowest BCUT2D eigenvalue weighted by Crippen LogP contribution is -2.05. The van der Waals surface area contributed by atoms with Crippen molar-refractivity contribution < 1.29 is 9.53 Å². The summed E-state index contributed by atoms with van der Waals surface area (Å²) in [5, 5.41) is 2.41. The van der Waals surface area contributed by atoms with Gasteiger partial charge in [0.15, 0.2) is 5.70 Å². The van der Waals surface area contributed by atoms with Crippen LogP contribution >= 0.6 is 23.4 Å².